The van der Waals surface area contributed by atoms with Gasteiger partial charge in [0.05, 0.1) is 0 Å². The monoisotopic (exact) mass is 656 g/mol. The van der Waals surface area contributed by atoms with Gasteiger partial charge < -0.3 is 4.99 Å². The number of hydrogen-bond acceptors (Lipinski definition) is 1. The first-order chi connectivity index (χ1) is 21.1. The molecular weight excluding hydrogens is 544 g/mol. The molecule has 0 aliphatic rings. The largest absolute Gasteiger partial charge is 0.304 e. The maximum Gasteiger partial charge on any atom is 0.144 e. The lowest BCUT2D eigenvalue weighted by molar-refractivity contribution is -0.499. The van der Waals surface area contributed by atoms with Crippen LogP contribution in [0, 0.1) is 29.6 Å². The molecule has 0 saturated carbocycles. The fourth-order valence-corrected chi connectivity index (χ4v) is 2.18. The number of rotatable bonds is 6. The summed E-state index contributed by atoms with van der Waals surface area (Å²) in [5.41, 5.74) is 0. The van der Waals surface area contributed by atoms with Crippen molar-refractivity contribution in [3.63, 3.8) is 0 Å². The second-order valence-corrected chi connectivity index (χ2v) is 7.26. The normalized spacial score (nSPS) is 8.82. The summed E-state index contributed by atoms with van der Waals surface area (Å²) >= 11 is 0. The van der Waals surface area contributed by atoms with Gasteiger partial charge in [-0.3, -0.25) is 0 Å². The third kappa shape index (κ3) is 201. The Labute approximate surface area is 299 Å². The Morgan fingerprint density at radius 1 is 0.556 bits per heavy atom. The molecule has 0 unspecified atom stereocenters. The van der Waals surface area contributed by atoms with Gasteiger partial charge in [-0.25, -0.2) is 4.58 Å². The minimum atomic E-state index is 0. The van der Waals surface area contributed by atoms with Crippen molar-refractivity contribution >= 4 is 12.9 Å². The highest BCUT2D eigenvalue weighted by Crippen LogP contribution is 2.27. The highest BCUT2D eigenvalue weighted by molar-refractivity contribution is 5.46. The first kappa shape index (κ1) is 96.7. The minimum absolute atomic E-state index is 0. The van der Waals surface area contributed by atoms with Crippen molar-refractivity contribution in [1.29, 1.82) is 0 Å². The quantitative estimate of drug-likeness (QED) is 0.154. The minimum Gasteiger partial charge on any atom is -0.304 e. The van der Waals surface area contributed by atoms with Gasteiger partial charge in [-0.15, -0.1) is 26.3 Å². The summed E-state index contributed by atoms with van der Waals surface area (Å²) in [6.45, 7) is 72.8. The van der Waals surface area contributed by atoms with Crippen molar-refractivity contribution < 1.29 is 4.58 Å². The van der Waals surface area contributed by atoms with E-state index in [0.717, 1.165) is 36.1 Å². The molecule has 0 aliphatic heterocycles. The third-order valence-electron chi connectivity index (χ3n) is 4.52. The summed E-state index contributed by atoms with van der Waals surface area (Å²) in [5.74, 6) is 4.23. The van der Waals surface area contributed by atoms with Crippen LogP contribution in [0.15, 0.2) is 31.3 Å². The van der Waals surface area contributed by atoms with Crippen LogP contribution in [-0.4, -0.2) is 38.1 Å². The average molecular weight is 656 g/mol. The summed E-state index contributed by atoms with van der Waals surface area (Å²) in [6, 6.07) is 0. The van der Waals surface area contributed by atoms with Crippen LogP contribution in [-0.2, 0) is 0 Å². The van der Waals surface area contributed by atoms with E-state index in [1.165, 1.54) is 6.42 Å². The average Bonchev–Trinajstić information content (AvgIpc) is 3.13. The van der Waals surface area contributed by atoms with Gasteiger partial charge in [0, 0.05) is 19.9 Å². The zero-order valence-electron chi connectivity index (χ0n) is 38.3. The first-order valence-corrected chi connectivity index (χ1v) is 18.9. The molecule has 0 N–H and O–H groups in total. The fraction of sp³-hybridized carbons (Fsp3) is 0.860. The molecule has 0 amide bonds. The van der Waals surface area contributed by atoms with E-state index in [-0.39, 0.29) is 7.43 Å². The van der Waals surface area contributed by atoms with Crippen molar-refractivity contribution in [2.24, 2.45) is 34.6 Å². The third-order valence-corrected chi connectivity index (χ3v) is 4.52. The molecule has 0 bridgehead atoms. The molecule has 0 aliphatic carbocycles. The van der Waals surface area contributed by atoms with Gasteiger partial charge in [-0.1, -0.05) is 194 Å². The van der Waals surface area contributed by atoms with Gasteiger partial charge in [0.2, 0.25) is 0 Å². The standard InChI is InChI=1S/C11H24.C7H16N.C2H5N.9C2H6.2C2H4.CH4/c1-7-9(4)11(6)10(5)8(2)3;1-5-8(4)6-7(2)3;1-3-2;11*1-2;/h8-11H,7H2,1-6H3;5,7H,6H2,1-4H3;1H2,2H3;9*1-2H3;2*1-2H2;1H4/q;+1;;;;;;;;;;;;;/t9-,10+,11-;;;;;;;;;;;;;;/m1............../s1. The van der Waals surface area contributed by atoms with E-state index in [2.05, 4.69) is 118 Å². The number of nitrogens with zero attached hydrogens (tertiary/aromatic N) is 2. The van der Waals surface area contributed by atoms with E-state index in [1.807, 2.05) is 125 Å². The van der Waals surface area contributed by atoms with Crippen molar-refractivity contribution in [2.75, 3.05) is 20.6 Å². The van der Waals surface area contributed by atoms with Crippen LogP contribution in [0.3, 0.4) is 0 Å². The second-order valence-electron chi connectivity index (χ2n) is 7.26. The van der Waals surface area contributed by atoms with E-state index in [9.17, 15) is 0 Å². The van der Waals surface area contributed by atoms with E-state index in [1.54, 1.807) is 7.05 Å². The summed E-state index contributed by atoms with van der Waals surface area (Å²) in [6.07, 6.45) is 3.41. The number of hydrogen-bond donors (Lipinski definition) is 0. The van der Waals surface area contributed by atoms with E-state index in [4.69, 9.17) is 0 Å². The Bertz CT molecular complexity index is 292. The smallest absolute Gasteiger partial charge is 0.144 e. The molecular formula is C43H111N2+. The highest BCUT2D eigenvalue weighted by Gasteiger charge is 2.19. The molecule has 0 rings (SSSR count). The first-order valence-electron chi connectivity index (χ1n) is 18.9. The van der Waals surface area contributed by atoms with Crippen molar-refractivity contribution in [3.05, 3.63) is 26.3 Å². The van der Waals surface area contributed by atoms with Gasteiger partial charge in [0.1, 0.15) is 19.8 Å². The van der Waals surface area contributed by atoms with E-state index >= 15 is 0 Å². The molecule has 0 saturated heterocycles. The number of aliphatic imine (C=N–C) groups is 1. The van der Waals surface area contributed by atoms with Crippen LogP contribution >= 0.6 is 0 Å². The van der Waals surface area contributed by atoms with Gasteiger partial charge in [0.15, 0.2) is 0 Å². The van der Waals surface area contributed by atoms with Gasteiger partial charge >= 0.3 is 0 Å². The van der Waals surface area contributed by atoms with E-state index in [0.29, 0.717) is 0 Å². The molecule has 45 heavy (non-hydrogen) atoms. The molecule has 0 fully saturated rings. The molecule has 0 radical (unpaired) electrons. The SMILES string of the molecule is C.C=C.C=C.C=NC.CC.CC.CC.CC.CC.CC.CC.CC.CC.CC=[N+](C)CC(C)C.CC[C@@H](C)[C@@H](C)[C@@H](C)C(C)C. The van der Waals surface area contributed by atoms with Gasteiger partial charge in [-0.2, -0.15) is 0 Å². The summed E-state index contributed by atoms with van der Waals surface area (Å²) in [5, 5.41) is 0. The molecule has 0 aromatic heterocycles. The highest BCUT2D eigenvalue weighted by atomic mass is 14.9. The molecule has 0 aromatic rings. The van der Waals surface area contributed by atoms with Crippen LogP contribution in [0.4, 0.5) is 0 Å². The molecule has 0 heterocycles. The maximum absolute atomic E-state index is 3.25. The van der Waals surface area contributed by atoms with Crippen molar-refractivity contribution in [2.45, 2.75) is 201 Å². The fourth-order valence-electron chi connectivity index (χ4n) is 2.18. The van der Waals surface area contributed by atoms with Crippen LogP contribution in [0.1, 0.15) is 201 Å². The van der Waals surface area contributed by atoms with Crippen LogP contribution in [0.25, 0.3) is 0 Å². The lowest BCUT2D eigenvalue weighted by Crippen LogP contribution is -2.20. The molecule has 0 spiro atoms. The molecule has 3 atom stereocenters. The molecule has 0 aromatic carbocycles. The topological polar surface area (TPSA) is 15.4 Å². The van der Waals surface area contributed by atoms with Crippen molar-refractivity contribution in [3.8, 4) is 0 Å². The van der Waals surface area contributed by atoms with Crippen LogP contribution in [0.5, 0.6) is 0 Å². The Hall–Kier alpha value is -1.18. The Balaban J connectivity index is -0.0000000182. The second kappa shape index (κ2) is 173. The van der Waals surface area contributed by atoms with Crippen molar-refractivity contribution in [1.82, 2.24) is 0 Å². The summed E-state index contributed by atoms with van der Waals surface area (Å²) < 4.78 is 2.20. The summed E-state index contributed by atoms with van der Waals surface area (Å²) in [4.78, 5) is 3.25. The van der Waals surface area contributed by atoms with Gasteiger partial charge in [-0.05, 0) is 30.4 Å². The molecule has 2 nitrogen and oxygen atoms in total. The Kier molecular flexibility index (Phi) is 371. The zero-order valence-corrected chi connectivity index (χ0v) is 38.3. The Morgan fingerprint density at radius 3 is 0.844 bits per heavy atom. The zero-order chi connectivity index (χ0) is 40.3. The maximum atomic E-state index is 3.25. The lowest BCUT2D eigenvalue weighted by Gasteiger charge is -2.28. The van der Waals surface area contributed by atoms with Gasteiger partial charge in [0.25, 0.3) is 0 Å². The molecule has 292 valence electrons. The predicted molar refractivity (Wildman–Crippen MR) is 237 cm³/mol. The van der Waals surface area contributed by atoms with Crippen LogP contribution in [0.2, 0.25) is 0 Å². The Morgan fingerprint density at radius 2 is 0.756 bits per heavy atom. The van der Waals surface area contributed by atoms with E-state index < -0.39 is 0 Å². The van der Waals surface area contributed by atoms with Crippen LogP contribution < -0.4 is 0 Å². The lowest BCUT2D eigenvalue weighted by atomic mass is 9.78. The predicted octanol–water partition coefficient (Wildman–Crippen LogP) is 17.1. The summed E-state index contributed by atoms with van der Waals surface area (Å²) in [7, 11) is 3.74. The molecule has 2 heteroatoms.